The summed E-state index contributed by atoms with van der Waals surface area (Å²) >= 11 is 5.66. The van der Waals surface area contributed by atoms with Crippen molar-refractivity contribution in [1.82, 2.24) is 9.97 Å². The fraction of sp³-hybridized carbons (Fsp3) is 0.500. The maximum Gasteiger partial charge on any atom is 0.231 e. The molecule has 2 heterocycles. The largest absolute Gasteiger partial charge is 0.378 e. The minimum atomic E-state index is -0.115. The summed E-state index contributed by atoms with van der Waals surface area (Å²) in [5.41, 5.74) is 0. The predicted molar refractivity (Wildman–Crippen MR) is 59.2 cm³/mol. The van der Waals surface area contributed by atoms with Crippen LogP contribution >= 0.6 is 11.6 Å². The molecular weight excluding hydrogens is 230 g/mol. The molecule has 1 saturated heterocycles. The summed E-state index contributed by atoms with van der Waals surface area (Å²) in [5.74, 6) is 0.161. The van der Waals surface area contributed by atoms with Crippen LogP contribution in [0.4, 0.5) is 5.82 Å². The number of amides is 1. The maximum absolute atomic E-state index is 11.8. The highest BCUT2D eigenvalue weighted by Gasteiger charge is 2.28. The lowest BCUT2D eigenvalue weighted by molar-refractivity contribution is -0.119. The Morgan fingerprint density at radius 3 is 3.06 bits per heavy atom. The Bertz CT molecular complexity index is 399. The van der Waals surface area contributed by atoms with E-state index in [0.29, 0.717) is 12.4 Å². The van der Waals surface area contributed by atoms with Crippen molar-refractivity contribution in [3.8, 4) is 0 Å². The highest BCUT2D eigenvalue weighted by Crippen LogP contribution is 2.20. The Morgan fingerprint density at radius 2 is 2.44 bits per heavy atom. The third-order valence-electron chi connectivity index (χ3n) is 2.43. The molecule has 0 saturated carbocycles. The second-order valence-electron chi connectivity index (χ2n) is 3.79. The molecule has 1 fully saturated rings. The third kappa shape index (κ3) is 2.68. The zero-order valence-corrected chi connectivity index (χ0v) is 9.57. The lowest BCUT2D eigenvalue weighted by Crippen LogP contribution is -2.23. The smallest absolute Gasteiger partial charge is 0.231 e. The first kappa shape index (κ1) is 11.3. The number of ether oxygens (including phenoxy) is 1. The van der Waals surface area contributed by atoms with Crippen LogP contribution in [0.1, 0.15) is 13.3 Å². The van der Waals surface area contributed by atoms with Crippen LogP contribution in [0.15, 0.2) is 12.4 Å². The van der Waals surface area contributed by atoms with Crippen LogP contribution in [-0.2, 0) is 9.53 Å². The van der Waals surface area contributed by atoms with Gasteiger partial charge in [0.15, 0.2) is 5.82 Å². The van der Waals surface area contributed by atoms with Gasteiger partial charge in [0.1, 0.15) is 5.15 Å². The number of halogens is 1. The van der Waals surface area contributed by atoms with Crippen molar-refractivity contribution in [2.24, 2.45) is 5.92 Å². The molecule has 1 aliphatic heterocycles. The molecular formula is C10H12ClN3O2. The minimum absolute atomic E-state index is 0.0964. The van der Waals surface area contributed by atoms with Crippen molar-refractivity contribution in [3.05, 3.63) is 17.5 Å². The average molecular weight is 242 g/mol. The molecule has 1 N–H and O–H groups in total. The van der Waals surface area contributed by atoms with E-state index in [-0.39, 0.29) is 23.1 Å². The molecule has 86 valence electrons. The standard InChI is InChI=1S/C10H12ClN3O2/c1-6-2-7(5-16-6)10(15)14-9-4-12-3-8(11)13-9/h3-4,6-7H,2,5H2,1H3,(H,13,14,15). The summed E-state index contributed by atoms with van der Waals surface area (Å²) < 4.78 is 5.33. The van der Waals surface area contributed by atoms with E-state index in [4.69, 9.17) is 16.3 Å². The summed E-state index contributed by atoms with van der Waals surface area (Å²) in [6, 6.07) is 0. The molecule has 0 aromatic carbocycles. The zero-order valence-electron chi connectivity index (χ0n) is 8.81. The summed E-state index contributed by atoms with van der Waals surface area (Å²) in [7, 11) is 0. The molecule has 2 atom stereocenters. The second kappa shape index (κ2) is 4.76. The number of nitrogens with zero attached hydrogens (tertiary/aromatic N) is 2. The Kier molecular flexibility index (Phi) is 3.36. The molecule has 16 heavy (non-hydrogen) atoms. The molecule has 5 nitrogen and oxygen atoms in total. The van der Waals surface area contributed by atoms with Gasteiger partial charge in [0.25, 0.3) is 0 Å². The number of nitrogens with one attached hydrogen (secondary N) is 1. The quantitative estimate of drug-likeness (QED) is 0.852. The Balaban J connectivity index is 1.97. The van der Waals surface area contributed by atoms with Gasteiger partial charge in [-0.2, -0.15) is 0 Å². The number of anilines is 1. The molecule has 0 radical (unpaired) electrons. The highest BCUT2D eigenvalue weighted by atomic mass is 35.5. The third-order valence-corrected chi connectivity index (χ3v) is 2.61. The number of carbonyl (C=O) groups excluding carboxylic acids is 1. The minimum Gasteiger partial charge on any atom is -0.378 e. The Morgan fingerprint density at radius 1 is 1.62 bits per heavy atom. The van der Waals surface area contributed by atoms with Gasteiger partial charge in [-0.05, 0) is 13.3 Å². The SMILES string of the molecule is CC1CC(C(=O)Nc2cncc(Cl)n2)CO1. The maximum atomic E-state index is 11.8. The molecule has 1 amide bonds. The average Bonchev–Trinajstić information content (AvgIpc) is 2.65. The van der Waals surface area contributed by atoms with Gasteiger partial charge in [-0.25, -0.2) is 4.98 Å². The van der Waals surface area contributed by atoms with Gasteiger partial charge in [0.05, 0.1) is 31.0 Å². The molecule has 6 heteroatoms. The summed E-state index contributed by atoms with van der Waals surface area (Å²) in [5, 5.41) is 2.93. The van der Waals surface area contributed by atoms with Gasteiger partial charge in [0.2, 0.25) is 5.91 Å². The second-order valence-corrected chi connectivity index (χ2v) is 4.18. The molecule has 1 aromatic rings. The van der Waals surface area contributed by atoms with Gasteiger partial charge in [-0.1, -0.05) is 11.6 Å². The molecule has 0 bridgehead atoms. The summed E-state index contributed by atoms with van der Waals surface area (Å²) in [6.07, 6.45) is 3.75. The van der Waals surface area contributed by atoms with Crippen molar-refractivity contribution in [3.63, 3.8) is 0 Å². The van der Waals surface area contributed by atoms with Gasteiger partial charge in [-0.3, -0.25) is 9.78 Å². The fourth-order valence-corrected chi connectivity index (χ4v) is 1.78. The monoisotopic (exact) mass is 241 g/mol. The van der Waals surface area contributed by atoms with Crippen LogP contribution in [0.5, 0.6) is 0 Å². The first-order valence-corrected chi connectivity index (χ1v) is 5.43. The number of hydrogen-bond acceptors (Lipinski definition) is 4. The van der Waals surface area contributed by atoms with Crippen molar-refractivity contribution in [1.29, 1.82) is 0 Å². The Hall–Kier alpha value is -1.20. The van der Waals surface area contributed by atoms with E-state index >= 15 is 0 Å². The van der Waals surface area contributed by atoms with Crippen LogP contribution in [0.25, 0.3) is 0 Å². The van der Waals surface area contributed by atoms with Gasteiger partial charge in [0, 0.05) is 0 Å². The Labute approximate surface area is 98.2 Å². The van der Waals surface area contributed by atoms with Gasteiger partial charge >= 0.3 is 0 Å². The molecule has 2 unspecified atom stereocenters. The summed E-state index contributed by atoms with van der Waals surface area (Å²) in [4.78, 5) is 19.5. The molecule has 2 rings (SSSR count). The van der Waals surface area contributed by atoms with E-state index in [1.807, 2.05) is 6.92 Å². The van der Waals surface area contributed by atoms with Crippen molar-refractivity contribution < 1.29 is 9.53 Å². The highest BCUT2D eigenvalue weighted by molar-refractivity contribution is 6.29. The number of rotatable bonds is 2. The van der Waals surface area contributed by atoms with E-state index < -0.39 is 0 Å². The number of carbonyl (C=O) groups is 1. The lowest BCUT2D eigenvalue weighted by Gasteiger charge is -2.08. The molecule has 1 aromatic heterocycles. The van der Waals surface area contributed by atoms with Crippen molar-refractivity contribution >= 4 is 23.3 Å². The molecule has 0 aliphatic carbocycles. The molecule has 0 spiro atoms. The van der Waals surface area contributed by atoms with E-state index in [9.17, 15) is 4.79 Å². The van der Waals surface area contributed by atoms with Gasteiger partial charge < -0.3 is 10.1 Å². The first-order chi connectivity index (χ1) is 7.65. The van der Waals surface area contributed by atoms with Gasteiger partial charge in [-0.15, -0.1) is 0 Å². The van der Waals surface area contributed by atoms with E-state index in [0.717, 1.165) is 6.42 Å². The first-order valence-electron chi connectivity index (χ1n) is 5.05. The fourth-order valence-electron chi connectivity index (χ4n) is 1.63. The lowest BCUT2D eigenvalue weighted by atomic mass is 10.1. The van der Waals surface area contributed by atoms with Crippen molar-refractivity contribution in [2.45, 2.75) is 19.4 Å². The van der Waals surface area contributed by atoms with Crippen LogP contribution in [0.3, 0.4) is 0 Å². The van der Waals surface area contributed by atoms with Crippen LogP contribution in [0.2, 0.25) is 5.15 Å². The topological polar surface area (TPSA) is 64.1 Å². The van der Waals surface area contributed by atoms with E-state index in [1.54, 1.807) is 0 Å². The van der Waals surface area contributed by atoms with Crippen LogP contribution in [0, 0.1) is 5.92 Å². The van der Waals surface area contributed by atoms with Crippen LogP contribution in [-0.4, -0.2) is 28.6 Å². The van der Waals surface area contributed by atoms with Crippen LogP contribution < -0.4 is 5.32 Å². The number of hydrogen-bond donors (Lipinski definition) is 1. The summed E-state index contributed by atoms with van der Waals surface area (Å²) in [6.45, 7) is 2.41. The van der Waals surface area contributed by atoms with Crippen molar-refractivity contribution in [2.75, 3.05) is 11.9 Å². The number of aromatic nitrogens is 2. The predicted octanol–water partition coefficient (Wildman–Crippen LogP) is 1.49. The molecule has 1 aliphatic rings. The normalized spacial score (nSPS) is 24.4. The van der Waals surface area contributed by atoms with E-state index in [2.05, 4.69) is 15.3 Å². The zero-order chi connectivity index (χ0) is 11.5. The van der Waals surface area contributed by atoms with E-state index in [1.165, 1.54) is 12.4 Å².